The molecule has 1 aliphatic carbocycles. The van der Waals surface area contributed by atoms with Crippen LogP contribution in [0.1, 0.15) is 12.8 Å². The van der Waals surface area contributed by atoms with Crippen LogP contribution >= 0.6 is 11.6 Å². The lowest BCUT2D eigenvalue weighted by Crippen LogP contribution is -2.45. The standard InChI is InChI=1S/C17H14ClFN2O3/c18-11-3-6-13(10-1-4-12(19)5-2-10)14(9-11)20-16(24)21-17(7-8-17)15(22)23/h1-6,9H,7-8H2,(H,22,23)(H2,20,21,24). The van der Waals surface area contributed by atoms with Crippen LogP contribution in [0.5, 0.6) is 0 Å². The molecule has 0 spiro atoms. The van der Waals surface area contributed by atoms with Gasteiger partial charge in [-0.1, -0.05) is 29.8 Å². The molecule has 3 N–H and O–H groups in total. The van der Waals surface area contributed by atoms with Crippen LogP contribution in [0.2, 0.25) is 5.02 Å². The van der Waals surface area contributed by atoms with Crippen LogP contribution < -0.4 is 10.6 Å². The molecule has 1 aliphatic rings. The smallest absolute Gasteiger partial charge is 0.329 e. The molecule has 0 aliphatic heterocycles. The second-order valence-electron chi connectivity index (χ2n) is 5.66. The van der Waals surface area contributed by atoms with Crippen molar-refractivity contribution in [2.45, 2.75) is 18.4 Å². The van der Waals surface area contributed by atoms with Gasteiger partial charge in [-0.15, -0.1) is 0 Å². The topological polar surface area (TPSA) is 78.4 Å². The van der Waals surface area contributed by atoms with Gasteiger partial charge in [0.15, 0.2) is 0 Å². The summed E-state index contributed by atoms with van der Waals surface area (Å²) in [4.78, 5) is 23.3. The fourth-order valence-corrected chi connectivity index (χ4v) is 2.56. The lowest BCUT2D eigenvalue weighted by atomic mass is 10.0. The number of hydrogen-bond acceptors (Lipinski definition) is 2. The van der Waals surface area contributed by atoms with Gasteiger partial charge in [0.05, 0.1) is 5.69 Å². The van der Waals surface area contributed by atoms with Gasteiger partial charge in [-0.05, 0) is 42.7 Å². The summed E-state index contributed by atoms with van der Waals surface area (Å²) in [5.41, 5.74) is 0.573. The molecule has 7 heteroatoms. The Kier molecular flexibility index (Phi) is 4.15. The van der Waals surface area contributed by atoms with Crippen LogP contribution in [-0.4, -0.2) is 22.6 Å². The molecule has 2 amide bonds. The Bertz CT molecular complexity index is 804. The van der Waals surface area contributed by atoms with Crippen LogP contribution in [0.15, 0.2) is 42.5 Å². The first kappa shape index (κ1) is 16.3. The Hall–Kier alpha value is -2.60. The molecule has 0 bridgehead atoms. The molecule has 2 aromatic carbocycles. The van der Waals surface area contributed by atoms with E-state index in [-0.39, 0.29) is 5.82 Å². The van der Waals surface area contributed by atoms with Crippen molar-refractivity contribution in [3.63, 3.8) is 0 Å². The maximum atomic E-state index is 13.1. The van der Waals surface area contributed by atoms with E-state index in [1.165, 1.54) is 12.1 Å². The SMILES string of the molecule is O=C(Nc1cc(Cl)ccc1-c1ccc(F)cc1)NC1(C(=O)O)CC1. The van der Waals surface area contributed by atoms with Crippen molar-refractivity contribution >= 4 is 29.3 Å². The Morgan fingerprint density at radius 1 is 1.12 bits per heavy atom. The molecule has 5 nitrogen and oxygen atoms in total. The number of carbonyl (C=O) groups is 2. The van der Waals surface area contributed by atoms with E-state index < -0.39 is 17.5 Å². The van der Waals surface area contributed by atoms with E-state index in [2.05, 4.69) is 10.6 Å². The van der Waals surface area contributed by atoms with E-state index in [1.807, 2.05) is 0 Å². The average Bonchev–Trinajstić information content (AvgIpc) is 3.29. The highest BCUT2D eigenvalue weighted by Gasteiger charge is 2.51. The van der Waals surface area contributed by atoms with Crippen molar-refractivity contribution in [1.29, 1.82) is 0 Å². The second kappa shape index (κ2) is 6.13. The first-order valence-corrected chi connectivity index (χ1v) is 7.65. The van der Waals surface area contributed by atoms with Crippen LogP contribution in [0.25, 0.3) is 11.1 Å². The Morgan fingerprint density at radius 3 is 2.38 bits per heavy atom. The number of anilines is 1. The lowest BCUT2D eigenvalue weighted by Gasteiger charge is -2.16. The van der Waals surface area contributed by atoms with Crippen molar-refractivity contribution < 1.29 is 19.1 Å². The number of rotatable bonds is 4. The molecule has 24 heavy (non-hydrogen) atoms. The van der Waals surface area contributed by atoms with Gasteiger partial charge in [0.2, 0.25) is 0 Å². The van der Waals surface area contributed by atoms with Crippen molar-refractivity contribution in [3.05, 3.63) is 53.3 Å². The van der Waals surface area contributed by atoms with Gasteiger partial charge in [0.25, 0.3) is 0 Å². The van der Waals surface area contributed by atoms with Gasteiger partial charge in [-0.2, -0.15) is 0 Å². The summed E-state index contributed by atoms with van der Waals surface area (Å²) in [7, 11) is 0. The Balaban J connectivity index is 1.84. The van der Waals surface area contributed by atoms with Gasteiger partial charge in [-0.3, -0.25) is 0 Å². The van der Waals surface area contributed by atoms with Crippen LogP contribution in [0, 0.1) is 5.82 Å². The number of halogens is 2. The van der Waals surface area contributed by atoms with E-state index in [0.717, 1.165) is 0 Å². The Labute approximate surface area is 142 Å². The van der Waals surface area contributed by atoms with Crippen LogP contribution in [-0.2, 0) is 4.79 Å². The lowest BCUT2D eigenvalue weighted by molar-refractivity contribution is -0.140. The zero-order valence-corrected chi connectivity index (χ0v) is 13.2. The quantitative estimate of drug-likeness (QED) is 0.784. The molecule has 0 unspecified atom stereocenters. The van der Waals surface area contributed by atoms with Gasteiger partial charge < -0.3 is 15.7 Å². The number of aliphatic carboxylic acids is 1. The van der Waals surface area contributed by atoms with Crippen LogP contribution in [0.4, 0.5) is 14.9 Å². The largest absolute Gasteiger partial charge is 0.480 e. The summed E-state index contributed by atoms with van der Waals surface area (Å²) in [5.74, 6) is -1.42. The summed E-state index contributed by atoms with van der Waals surface area (Å²) >= 11 is 5.98. The first-order chi connectivity index (χ1) is 11.4. The Morgan fingerprint density at radius 2 is 1.79 bits per heavy atom. The molecule has 0 radical (unpaired) electrons. The maximum absolute atomic E-state index is 13.1. The number of carboxylic acids is 1. The molecule has 3 rings (SSSR count). The second-order valence-corrected chi connectivity index (χ2v) is 6.10. The molecule has 2 aromatic rings. The zero-order chi connectivity index (χ0) is 17.3. The number of carboxylic acid groups (broad SMARTS) is 1. The predicted octanol–water partition coefficient (Wildman–Crippen LogP) is 3.88. The minimum absolute atomic E-state index is 0.364. The van der Waals surface area contributed by atoms with E-state index in [9.17, 15) is 14.0 Å². The number of carbonyl (C=O) groups excluding carboxylic acids is 1. The van der Waals surface area contributed by atoms with E-state index in [4.69, 9.17) is 16.7 Å². The van der Waals surface area contributed by atoms with Gasteiger partial charge in [0.1, 0.15) is 11.4 Å². The molecular formula is C17H14ClFN2O3. The number of urea groups is 1. The fourth-order valence-electron chi connectivity index (χ4n) is 2.39. The molecule has 0 heterocycles. The maximum Gasteiger partial charge on any atom is 0.329 e. The van der Waals surface area contributed by atoms with E-state index >= 15 is 0 Å². The number of amides is 2. The van der Waals surface area contributed by atoms with Crippen molar-refractivity contribution in [2.75, 3.05) is 5.32 Å². The zero-order valence-electron chi connectivity index (χ0n) is 12.5. The minimum atomic E-state index is -1.18. The van der Waals surface area contributed by atoms with Crippen LogP contribution in [0.3, 0.4) is 0 Å². The molecule has 1 fully saturated rings. The number of hydrogen-bond donors (Lipinski definition) is 3. The normalized spacial score (nSPS) is 14.8. The molecule has 1 saturated carbocycles. The predicted molar refractivity (Wildman–Crippen MR) is 88.6 cm³/mol. The monoisotopic (exact) mass is 348 g/mol. The third-order valence-corrected chi connectivity index (χ3v) is 4.13. The van der Waals surface area contributed by atoms with Crippen molar-refractivity contribution in [1.82, 2.24) is 5.32 Å². The third-order valence-electron chi connectivity index (χ3n) is 3.90. The molecule has 0 aromatic heterocycles. The third kappa shape index (κ3) is 3.33. The van der Waals surface area contributed by atoms with E-state index in [1.54, 1.807) is 30.3 Å². The highest BCUT2D eigenvalue weighted by Crippen LogP contribution is 2.36. The molecule has 0 atom stereocenters. The van der Waals surface area contributed by atoms with Crippen molar-refractivity contribution in [2.24, 2.45) is 0 Å². The number of benzene rings is 2. The van der Waals surface area contributed by atoms with Gasteiger partial charge in [0, 0.05) is 10.6 Å². The first-order valence-electron chi connectivity index (χ1n) is 7.28. The van der Waals surface area contributed by atoms with Crippen molar-refractivity contribution in [3.8, 4) is 11.1 Å². The average molecular weight is 349 g/mol. The van der Waals surface area contributed by atoms with Gasteiger partial charge in [-0.25, -0.2) is 14.0 Å². The molecule has 124 valence electrons. The summed E-state index contributed by atoms with van der Waals surface area (Å²) < 4.78 is 13.1. The summed E-state index contributed by atoms with van der Waals surface area (Å²) in [6, 6.07) is 10.1. The summed E-state index contributed by atoms with van der Waals surface area (Å²) in [5, 5.41) is 14.6. The highest BCUT2D eigenvalue weighted by molar-refractivity contribution is 6.31. The fraction of sp³-hybridized carbons (Fsp3) is 0.176. The number of nitrogens with one attached hydrogen (secondary N) is 2. The minimum Gasteiger partial charge on any atom is -0.480 e. The van der Waals surface area contributed by atoms with E-state index in [0.29, 0.717) is 34.7 Å². The summed E-state index contributed by atoms with van der Waals surface area (Å²) in [6.07, 6.45) is 0.798. The molecular weight excluding hydrogens is 335 g/mol. The summed E-state index contributed by atoms with van der Waals surface area (Å²) in [6.45, 7) is 0. The molecule has 0 saturated heterocycles. The highest BCUT2D eigenvalue weighted by atomic mass is 35.5. The van der Waals surface area contributed by atoms with Gasteiger partial charge >= 0.3 is 12.0 Å².